The number of hydrogen-bond donors (Lipinski definition) is 0. The summed E-state index contributed by atoms with van der Waals surface area (Å²) in [5, 5.41) is 0. The highest BCUT2D eigenvalue weighted by atomic mass is 32.1. The third kappa shape index (κ3) is 10.8. The second kappa shape index (κ2) is 19.4. The lowest BCUT2D eigenvalue weighted by Crippen LogP contribution is -2.47. The van der Waals surface area contributed by atoms with E-state index in [4.69, 9.17) is 28.4 Å². The van der Waals surface area contributed by atoms with Crippen LogP contribution in [0.15, 0.2) is 109 Å². The van der Waals surface area contributed by atoms with Gasteiger partial charge in [-0.1, -0.05) is 30.3 Å². The molecule has 11 nitrogen and oxygen atoms in total. The molecule has 1 aliphatic heterocycles. The number of carbonyl (C=O) groups is 1. The number of methoxy groups -OCH3 is 2. The summed E-state index contributed by atoms with van der Waals surface area (Å²) < 4.78 is 36.2. The molecule has 0 atom stereocenters. The van der Waals surface area contributed by atoms with E-state index in [1.807, 2.05) is 60.7 Å². The predicted octanol–water partition coefficient (Wildman–Crippen LogP) is 8.85. The molecule has 1 amide bonds. The number of pyridine rings is 1. The summed E-state index contributed by atoms with van der Waals surface area (Å²) in [6.07, 6.45) is 5.95. The molecule has 6 aromatic rings. The summed E-state index contributed by atoms with van der Waals surface area (Å²) in [5.41, 5.74) is 7.09. The van der Waals surface area contributed by atoms with Gasteiger partial charge in [0.2, 0.25) is 17.5 Å². The molecule has 0 radical (unpaired) electrons. The fraction of sp³-hybridized carbons (Fsp3) is 0.283. The molecule has 1 saturated heterocycles. The van der Waals surface area contributed by atoms with Gasteiger partial charge in [0.1, 0.15) is 23.9 Å². The second-order valence-electron chi connectivity index (χ2n) is 14.1. The van der Waals surface area contributed by atoms with Gasteiger partial charge in [-0.25, -0.2) is 9.97 Å². The normalized spacial score (nSPS) is 13.2. The lowest BCUT2D eigenvalue weighted by molar-refractivity contribution is -0.127. The SMILES string of the molecule is COc1cc(/C=C/C(=O)N2CCN(Cc3ccc(CCOc4ccc(OC(C)C)cc4)cc3)CC2)cc(OC)c1Oc1ccc(OCc2ccc3ncsc3c2)cn1. The molecule has 2 aromatic heterocycles. The maximum absolute atomic E-state index is 13.2. The van der Waals surface area contributed by atoms with E-state index in [-0.39, 0.29) is 12.0 Å². The minimum Gasteiger partial charge on any atom is -0.493 e. The highest BCUT2D eigenvalue weighted by Crippen LogP contribution is 2.41. The van der Waals surface area contributed by atoms with Gasteiger partial charge in [-0.05, 0) is 96.8 Å². The van der Waals surface area contributed by atoms with Crippen LogP contribution in [0, 0.1) is 0 Å². The van der Waals surface area contributed by atoms with Crippen molar-refractivity contribution < 1.29 is 33.2 Å². The van der Waals surface area contributed by atoms with Crippen LogP contribution >= 0.6 is 11.3 Å². The van der Waals surface area contributed by atoms with Crippen LogP contribution in [-0.4, -0.2) is 78.8 Å². The monoisotopic (exact) mass is 800 g/mol. The summed E-state index contributed by atoms with van der Waals surface area (Å²) in [7, 11) is 3.12. The molecule has 1 aliphatic rings. The van der Waals surface area contributed by atoms with E-state index in [9.17, 15) is 4.79 Å². The number of rotatable bonds is 17. The molecule has 0 saturated carbocycles. The average Bonchev–Trinajstić information content (AvgIpc) is 3.72. The predicted molar refractivity (Wildman–Crippen MR) is 227 cm³/mol. The fourth-order valence-electron chi connectivity index (χ4n) is 6.51. The summed E-state index contributed by atoms with van der Waals surface area (Å²) in [6, 6.07) is 29.7. The van der Waals surface area contributed by atoms with Gasteiger partial charge in [0.05, 0.1) is 48.9 Å². The van der Waals surface area contributed by atoms with Gasteiger partial charge in [-0.15, -0.1) is 11.3 Å². The number of thiazole rings is 1. The van der Waals surface area contributed by atoms with E-state index in [0.717, 1.165) is 58.9 Å². The Balaban J connectivity index is 0.858. The molecule has 7 rings (SSSR count). The van der Waals surface area contributed by atoms with Crippen molar-refractivity contribution in [2.75, 3.05) is 47.0 Å². The first-order valence-electron chi connectivity index (χ1n) is 19.3. The zero-order valence-corrected chi connectivity index (χ0v) is 34.1. The molecule has 58 heavy (non-hydrogen) atoms. The Kier molecular flexibility index (Phi) is 13.4. The molecule has 3 heterocycles. The molecule has 12 heteroatoms. The van der Waals surface area contributed by atoms with Crippen molar-refractivity contribution in [1.82, 2.24) is 19.8 Å². The van der Waals surface area contributed by atoms with Crippen LogP contribution in [-0.2, 0) is 24.4 Å². The van der Waals surface area contributed by atoms with Crippen LogP contribution in [0.2, 0.25) is 0 Å². The minimum absolute atomic E-state index is 0.0418. The molecular formula is C46H48N4O7S. The van der Waals surface area contributed by atoms with Crippen molar-refractivity contribution in [3.63, 3.8) is 0 Å². The van der Waals surface area contributed by atoms with E-state index in [1.165, 1.54) is 11.1 Å². The lowest BCUT2D eigenvalue weighted by Gasteiger charge is -2.34. The van der Waals surface area contributed by atoms with Gasteiger partial charge in [0.15, 0.2) is 11.5 Å². The van der Waals surface area contributed by atoms with Crippen LogP contribution in [0.25, 0.3) is 16.3 Å². The Morgan fingerprint density at radius 3 is 2.16 bits per heavy atom. The number of nitrogens with zero attached hydrogens (tertiary/aromatic N) is 4. The third-order valence-electron chi connectivity index (χ3n) is 9.59. The molecular weight excluding hydrogens is 753 g/mol. The first-order valence-corrected chi connectivity index (χ1v) is 20.2. The van der Waals surface area contributed by atoms with E-state index < -0.39 is 0 Å². The zero-order chi connectivity index (χ0) is 40.3. The number of hydrogen-bond acceptors (Lipinski definition) is 11. The van der Waals surface area contributed by atoms with E-state index in [1.54, 1.807) is 68.2 Å². The summed E-state index contributed by atoms with van der Waals surface area (Å²) >= 11 is 1.60. The second-order valence-corrected chi connectivity index (χ2v) is 15.0. The van der Waals surface area contributed by atoms with Gasteiger partial charge >= 0.3 is 0 Å². The van der Waals surface area contributed by atoms with Crippen LogP contribution in [0.4, 0.5) is 0 Å². The van der Waals surface area contributed by atoms with E-state index >= 15 is 0 Å². The molecule has 1 fully saturated rings. The van der Waals surface area contributed by atoms with Crippen LogP contribution in [0.1, 0.15) is 36.1 Å². The molecule has 4 aromatic carbocycles. The van der Waals surface area contributed by atoms with Crippen LogP contribution in [0.5, 0.6) is 40.4 Å². The number of fused-ring (bicyclic) bond motifs is 1. The summed E-state index contributed by atoms with van der Waals surface area (Å²) in [4.78, 5) is 26.2. The van der Waals surface area contributed by atoms with Gasteiger partial charge in [0, 0.05) is 51.3 Å². The first-order chi connectivity index (χ1) is 28.3. The van der Waals surface area contributed by atoms with E-state index in [2.05, 4.69) is 45.2 Å². The maximum Gasteiger partial charge on any atom is 0.246 e. The number of amides is 1. The van der Waals surface area contributed by atoms with Crippen molar-refractivity contribution in [2.45, 2.75) is 39.5 Å². The van der Waals surface area contributed by atoms with Gasteiger partial charge in [-0.3, -0.25) is 9.69 Å². The summed E-state index contributed by atoms with van der Waals surface area (Å²) in [6.45, 7) is 8.79. The Morgan fingerprint density at radius 1 is 0.776 bits per heavy atom. The number of aromatic nitrogens is 2. The van der Waals surface area contributed by atoms with Gasteiger partial charge in [-0.2, -0.15) is 0 Å². The van der Waals surface area contributed by atoms with Crippen molar-refractivity contribution in [2.24, 2.45) is 0 Å². The molecule has 0 spiro atoms. The first kappa shape index (κ1) is 40.1. The van der Waals surface area contributed by atoms with E-state index in [0.29, 0.717) is 55.2 Å². The van der Waals surface area contributed by atoms with Crippen molar-refractivity contribution >= 4 is 33.5 Å². The van der Waals surface area contributed by atoms with Crippen LogP contribution < -0.4 is 28.4 Å². The highest BCUT2D eigenvalue weighted by molar-refractivity contribution is 7.16. The molecule has 0 N–H and O–H groups in total. The number of ether oxygens (including phenoxy) is 6. The Hall–Kier alpha value is -6.11. The lowest BCUT2D eigenvalue weighted by atomic mass is 10.1. The Bertz CT molecular complexity index is 2260. The highest BCUT2D eigenvalue weighted by Gasteiger charge is 2.20. The minimum atomic E-state index is -0.0418. The number of benzene rings is 4. The Morgan fingerprint density at radius 2 is 1.47 bits per heavy atom. The van der Waals surface area contributed by atoms with Crippen molar-refractivity contribution in [1.29, 1.82) is 0 Å². The quantitative estimate of drug-likeness (QED) is 0.0832. The Labute approximate surface area is 343 Å². The zero-order valence-electron chi connectivity index (χ0n) is 33.3. The number of piperazine rings is 1. The molecule has 300 valence electrons. The molecule has 0 aliphatic carbocycles. The standard InChI is InChI=1S/C46H48N4O7S/c1-32(2)56-38-13-11-37(12-14-38)54-24-19-33-5-7-34(8-6-33)29-49-20-22-50(23-21-49)45(51)18-10-35-25-41(52-3)46(42(26-35)53-4)57-44-17-15-39(28-47-44)55-30-36-9-16-40-43(27-36)58-31-48-40/h5-18,25-28,31-32H,19-24,29-30H2,1-4H3/b18-10+. The third-order valence-corrected chi connectivity index (χ3v) is 10.4. The largest absolute Gasteiger partial charge is 0.493 e. The maximum atomic E-state index is 13.2. The summed E-state index contributed by atoms with van der Waals surface area (Å²) in [5.74, 6) is 3.87. The molecule has 0 bridgehead atoms. The molecule has 0 unspecified atom stereocenters. The van der Waals surface area contributed by atoms with Gasteiger partial charge < -0.3 is 33.3 Å². The topological polar surface area (TPSA) is 105 Å². The smallest absolute Gasteiger partial charge is 0.246 e. The van der Waals surface area contributed by atoms with Crippen LogP contribution in [0.3, 0.4) is 0 Å². The number of carbonyl (C=O) groups excluding carboxylic acids is 1. The van der Waals surface area contributed by atoms with Crippen molar-refractivity contribution in [3.8, 4) is 40.4 Å². The van der Waals surface area contributed by atoms with Gasteiger partial charge in [0.25, 0.3) is 0 Å². The fourth-order valence-corrected chi connectivity index (χ4v) is 7.25. The van der Waals surface area contributed by atoms with Crippen molar-refractivity contribution in [3.05, 3.63) is 131 Å². The average molecular weight is 801 g/mol.